The lowest BCUT2D eigenvalue weighted by Gasteiger charge is -2.29. The molecule has 0 spiro atoms. The van der Waals surface area contributed by atoms with E-state index in [-0.39, 0.29) is 5.91 Å². The van der Waals surface area contributed by atoms with Crippen molar-refractivity contribution in [3.8, 4) is 6.07 Å². The molecule has 0 bridgehead atoms. The molecule has 0 aromatic heterocycles. The zero-order chi connectivity index (χ0) is 13.2. The minimum atomic E-state index is 0.208. The van der Waals surface area contributed by atoms with E-state index in [1.54, 1.807) is 0 Å². The van der Waals surface area contributed by atoms with Gasteiger partial charge in [0, 0.05) is 19.6 Å². The van der Waals surface area contributed by atoms with Crippen molar-refractivity contribution in [1.29, 1.82) is 5.26 Å². The number of hydrogen-bond acceptors (Lipinski definition) is 3. The van der Waals surface area contributed by atoms with Crippen molar-refractivity contribution in [2.45, 2.75) is 12.8 Å². The number of benzene rings is 1. The third-order valence-electron chi connectivity index (χ3n) is 4.02. The highest BCUT2D eigenvalue weighted by atomic mass is 16.2. The van der Waals surface area contributed by atoms with E-state index in [1.807, 2.05) is 17.0 Å². The molecule has 1 N–H and O–H groups in total. The van der Waals surface area contributed by atoms with E-state index in [0.717, 1.165) is 38.0 Å². The second-order valence-corrected chi connectivity index (χ2v) is 5.39. The van der Waals surface area contributed by atoms with E-state index >= 15 is 0 Å². The second kappa shape index (κ2) is 5.02. The van der Waals surface area contributed by atoms with Gasteiger partial charge < -0.3 is 10.2 Å². The molecule has 19 heavy (non-hydrogen) atoms. The minimum Gasteiger partial charge on any atom is -0.340 e. The summed E-state index contributed by atoms with van der Waals surface area (Å²) in [6.45, 7) is 3.02. The SMILES string of the molecule is N#Cc1ccc2c(c1)CC(CN1CCNCC1=O)C2. The summed E-state index contributed by atoms with van der Waals surface area (Å²) in [7, 11) is 0. The summed E-state index contributed by atoms with van der Waals surface area (Å²) in [5, 5.41) is 12.0. The Labute approximate surface area is 113 Å². The highest BCUT2D eigenvalue weighted by Gasteiger charge is 2.26. The third kappa shape index (κ3) is 2.47. The molecular weight excluding hydrogens is 238 g/mol. The van der Waals surface area contributed by atoms with Crippen LogP contribution in [0.5, 0.6) is 0 Å². The maximum Gasteiger partial charge on any atom is 0.236 e. The molecule has 1 saturated heterocycles. The van der Waals surface area contributed by atoms with Crippen LogP contribution in [-0.4, -0.2) is 37.0 Å². The predicted molar refractivity (Wildman–Crippen MR) is 71.5 cm³/mol. The molecule has 3 rings (SSSR count). The quantitative estimate of drug-likeness (QED) is 0.846. The number of amides is 1. The third-order valence-corrected chi connectivity index (χ3v) is 4.02. The van der Waals surface area contributed by atoms with E-state index in [1.165, 1.54) is 11.1 Å². The zero-order valence-electron chi connectivity index (χ0n) is 10.9. The second-order valence-electron chi connectivity index (χ2n) is 5.39. The van der Waals surface area contributed by atoms with Crippen LogP contribution in [0.1, 0.15) is 16.7 Å². The average molecular weight is 255 g/mol. The van der Waals surface area contributed by atoms with Gasteiger partial charge in [-0.25, -0.2) is 0 Å². The van der Waals surface area contributed by atoms with Crippen molar-refractivity contribution < 1.29 is 4.79 Å². The molecule has 1 aliphatic carbocycles. The summed E-state index contributed by atoms with van der Waals surface area (Å²) in [4.78, 5) is 13.7. The van der Waals surface area contributed by atoms with Crippen molar-refractivity contribution in [3.05, 3.63) is 34.9 Å². The average Bonchev–Trinajstić information content (AvgIpc) is 2.82. The molecule has 0 saturated carbocycles. The first-order chi connectivity index (χ1) is 9.26. The van der Waals surface area contributed by atoms with Crippen molar-refractivity contribution >= 4 is 5.91 Å². The van der Waals surface area contributed by atoms with Gasteiger partial charge in [-0.2, -0.15) is 5.26 Å². The van der Waals surface area contributed by atoms with Gasteiger partial charge in [-0.3, -0.25) is 4.79 Å². The number of piperazine rings is 1. The van der Waals surface area contributed by atoms with E-state index in [0.29, 0.717) is 12.5 Å². The van der Waals surface area contributed by atoms with Crippen molar-refractivity contribution in [3.63, 3.8) is 0 Å². The first kappa shape index (κ1) is 12.2. The number of carbonyl (C=O) groups excluding carboxylic acids is 1. The van der Waals surface area contributed by atoms with Crippen LogP contribution in [0.2, 0.25) is 0 Å². The van der Waals surface area contributed by atoms with E-state index < -0.39 is 0 Å². The van der Waals surface area contributed by atoms with Gasteiger partial charge in [-0.15, -0.1) is 0 Å². The Morgan fingerprint density at radius 1 is 1.37 bits per heavy atom. The van der Waals surface area contributed by atoms with Gasteiger partial charge in [-0.05, 0) is 42.0 Å². The first-order valence-electron chi connectivity index (χ1n) is 6.76. The van der Waals surface area contributed by atoms with Crippen LogP contribution in [0.3, 0.4) is 0 Å². The summed E-state index contributed by atoms with van der Waals surface area (Å²) < 4.78 is 0. The van der Waals surface area contributed by atoms with Crippen molar-refractivity contribution in [2.24, 2.45) is 5.92 Å². The Morgan fingerprint density at radius 2 is 2.21 bits per heavy atom. The Balaban J connectivity index is 1.67. The molecule has 1 atom stereocenters. The molecule has 1 fully saturated rings. The topological polar surface area (TPSA) is 56.1 Å². The molecule has 98 valence electrons. The van der Waals surface area contributed by atoms with Crippen molar-refractivity contribution in [1.82, 2.24) is 10.2 Å². The van der Waals surface area contributed by atoms with Gasteiger partial charge >= 0.3 is 0 Å². The van der Waals surface area contributed by atoms with Crippen LogP contribution in [0.4, 0.5) is 0 Å². The Bertz CT molecular complexity index is 547. The number of carbonyl (C=O) groups is 1. The van der Waals surface area contributed by atoms with Gasteiger partial charge in [-0.1, -0.05) is 6.07 Å². The number of nitrogens with zero attached hydrogens (tertiary/aromatic N) is 2. The Morgan fingerprint density at radius 3 is 3.00 bits per heavy atom. The molecule has 1 aromatic carbocycles. The fourth-order valence-electron chi connectivity index (χ4n) is 3.06. The lowest BCUT2D eigenvalue weighted by Crippen LogP contribution is -2.49. The molecular formula is C15H17N3O. The van der Waals surface area contributed by atoms with Crippen LogP contribution >= 0.6 is 0 Å². The maximum atomic E-state index is 11.8. The van der Waals surface area contributed by atoms with Gasteiger partial charge in [0.15, 0.2) is 0 Å². The van der Waals surface area contributed by atoms with Gasteiger partial charge in [0.1, 0.15) is 0 Å². The highest BCUT2D eigenvalue weighted by Crippen LogP contribution is 2.28. The van der Waals surface area contributed by atoms with Crippen LogP contribution in [0.25, 0.3) is 0 Å². The number of hydrogen-bond donors (Lipinski definition) is 1. The fraction of sp³-hybridized carbons (Fsp3) is 0.467. The molecule has 1 amide bonds. The van der Waals surface area contributed by atoms with E-state index in [4.69, 9.17) is 5.26 Å². The lowest BCUT2D eigenvalue weighted by molar-refractivity contribution is -0.132. The number of rotatable bonds is 2. The number of nitriles is 1. The van der Waals surface area contributed by atoms with Crippen LogP contribution in [0, 0.1) is 17.2 Å². The summed E-state index contributed by atoms with van der Waals surface area (Å²) >= 11 is 0. The highest BCUT2D eigenvalue weighted by molar-refractivity contribution is 5.79. The van der Waals surface area contributed by atoms with E-state index in [2.05, 4.69) is 17.5 Å². The summed E-state index contributed by atoms with van der Waals surface area (Å²) in [5.74, 6) is 0.714. The molecule has 1 aliphatic heterocycles. The van der Waals surface area contributed by atoms with Crippen LogP contribution in [-0.2, 0) is 17.6 Å². The predicted octanol–water partition coefficient (Wildman–Crippen LogP) is 0.705. The van der Waals surface area contributed by atoms with Crippen LogP contribution < -0.4 is 5.32 Å². The molecule has 0 radical (unpaired) electrons. The minimum absolute atomic E-state index is 0.208. The molecule has 1 unspecified atom stereocenters. The molecule has 1 heterocycles. The van der Waals surface area contributed by atoms with Crippen LogP contribution in [0.15, 0.2) is 18.2 Å². The fourth-order valence-corrected chi connectivity index (χ4v) is 3.06. The largest absolute Gasteiger partial charge is 0.340 e. The van der Waals surface area contributed by atoms with Gasteiger partial charge in [0.05, 0.1) is 18.2 Å². The van der Waals surface area contributed by atoms with E-state index in [9.17, 15) is 4.79 Å². The molecule has 4 heteroatoms. The van der Waals surface area contributed by atoms with Crippen molar-refractivity contribution in [2.75, 3.05) is 26.2 Å². The standard InChI is InChI=1S/C15H17N3O/c16-8-11-1-2-13-6-12(7-14(13)5-11)10-18-4-3-17-9-15(18)19/h1-2,5,12,17H,3-4,6-7,9-10H2. The molecule has 2 aliphatic rings. The van der Waals surface area contributed by atoms with Gasteiger partial charge in [0.25, 0.3) is 0 Å². The Kier molecular flexibility index (Phi) is 3.22. The molecule has 4 nitrogen and oxygen atoms in total. The first-order valence-corrected chi connectivity index (χ1v) is 6.76. The monoisotopic (exact) mass is 255 g/mol. The van der Waals surface area contributed by atoms with Gasteiger partial charge in [0.2, 0.25) is 5.91 Å². The number of nitrogens with one attached hydrogen (secondary N) is 1. The lowest BCUT2D eigenvalue weighted by atomic mass is 10.1. The summed E-state index contributed by atoms with van der Waals surface area (Å²) in [5.41, 5.74) is 3.36. The zero-order valence-corrected chi connectivity index (χ0v) is 10.9. The normalized spacial score (nSPS) is 22.2. The summed E-state index contributed by atoms with van der Waals surface area (Å²) in [6, 6.07) is 8.13. The smallest absolute Gasteiger partial charge is 0.236 e. The Hall–Kier alpha value is -1.86. The summed E-state index contributed by atoms with van der Waals surface area (Å²) in [6.07, 6.45) is 2.01. The maximum absolute atomic E-state index is 11.8. The molecule has 1 aromatic rings. The number of fused-ring (bicyclic) bond motifs is 1.